The van der Waals surface area contributed by atoms with Crippen LogP contribution < -0.4 is 19.7 Å². The normalized spacial score (nSPS) is 17.0. The summed E-state index contributed by atoms with van der Waals surface area (Å²) < 4.78 is 46.3. The highest BCUT2D eigenvalue weighted by Gasteiger charge is 2.31. The first kappa shape index (κ1) is 27.3. The van der Waals surface area contributed by atoms with Crippen molar-refractivity contribution >= 4 is 40.0 Å². The summed E-state index contributed by atoms with van der Waals surface area (Å²) in [5.74, 6) is -0.153. The third kappa shape index (κ3) is 6.83. The molecular weight excluding hydrogens is 535 g/mol. The van der Waals surface area contributed by atoms with Crippen LogP contribution in [0, 0.1) is 6.92 Å². The predicted molar refractivity (Wildman–Crippen MR) is 143 cm³/mol. The molecule has 208 valence electrons. The van der Waals surface area contributed by atoms with Gasteiger partial charge in [-0.05, 0) is 76.0 Å². The molecule has 1 aromatic heterocycles. The number of ether oxygens (including phenoxy) is 2. The fraction of sp³-hybridized carbons (Fsp3) is 0.444. The molecule has 2 aliphatic rings. The molecule has 0 bridgehead atoms. The molecule has 12 heteroatoms. The average Bonchev–Trinajstić information content (AvgIpc) is 3.43. The molecule has 1 N–H and O–H groups in total. The third-order valence-corrected chi connectivity index (χ3v) is 7.35. The number of carbonyl (C=O) groups excluding carboxylic acids is 1. The number of anilines is 2. The van der Waals surface area contributed by atoms with Crippen molar-refractivity contribution in [1.29, 1.82) is 0 Å². The van der Waals surface area contributed by atoms with E-state index in [1.54, 1.807) is 6.07 Å². The Kier molecular flexibility index (Phi) is 7.99. The van der Waals surface area contributed by atoms with E-state index in [2.05, 4.69) is 19.9 Å². The van der Waals surface area contributed by atoms with Crippen molar-refractivity contribution in [3.8, 4) is 11.5 Å². The number of carbonyl (C=O) groups is 1. The van der Waals surface area contributed by atoms with Gasteiger partial charge < -0.3 is 24.6 Å². The van der Waals surface area contributed by atoms with Crippen LogP contribution in [0.15, 0.2) is 36.4 Å². The number of halogens is 4. The average molecular weight is 564 g/mol. The first-order valence-electron chi connectivity index (χ1n) is 12.9. The summed E-state index contributed by atoms with van der Waals surface area (Å²) >= 11 is 5.97. The van der Waals surface area contributed by atoms with E-state index in [1.807, 2.05) is 19.1 Å². The van der Waals surface area contributed by atoms with Crippen molar-refractivity contribution in [2.45, 2.75) is 45.0 Å². The van der Waals surface area contributed by atoms with Gasteiger partial charge in [-0.15, -0.1) is 13.2 Å². The van der Waals surface area contributed by atoms with Gasteiger partial charge in [0.2, 0.25) is 5.95 Å². The summed E-state index contributed by atoms with van der Waals surface area (Å²) in [5.41, 5.74) is 2.15. The van der Waals surface area contributed by atoms with Gasteiger partial charge in [0.25, 0.3) is 5.91 Å². The molecule has 2 aromatic carbocycles. The maximum atomic E-state index is 12.5. The fourth-order valence-corrected chi connectivity index (χ4v) is 5.38. The van der Waals surface area contributed by atoms with Gasteiger partial charge in [-0.25, -0.2) is 9.97 Å². The number of alkyl halides is 3. The lowest BCUT2D eigenvalue weighted by Crippen LogP contribution is -2.44. The Bertz CT molecular complexity index is 1340. The number of aromatic nitrogens is 2. The molecule has 0 radical (unpaired) electrons. The second-order valence-corrected chi connectivity index (χ2v) is 10.2. The quantitative estimate of drug-likeness (QED) is 0.402. The molecule has 0 saturated carbocycles. The van der Waals surface area contributed by atoms with Gasteiger partial charge in [-0.1, -0.05) is 11.6 Å². The van der Waals surface area contributed by atoms with E-state index in [-0.39, 0.29) is 17.4 Å². The molecule has 5 rings (SSSR count). The summed E-state index contributed by atoms with van der Waals surface area (Å²) in [5, 5.41) is 3.47. The van der Waals surface area contributed by atoms with Gasteiger partial charge in [0.05, 0.1) is 16.2 Å². The van der Waals surface area contributed by atoms with Crippen LogP contribution in [0.4, 0.5) is 24.8 Å². The standard InChI is InChI=1S/C27H29ClF3N5O3/c1-17-21-14-18(33-25(37)16-38-24-7-5-20(15-22(24)28)39-27(29,30)31)4-6-23(21)34-26(32-17)36-12-8-19(9-13-36)35-10-2-3-11-35/h4-7,14-15,19H,2-3,8-13,16H2,1H3,(H,33,37). The molecule has 0 unspecified atom stereocenters. The monoisotopic (exact) mass is 563 g/mol. The van der Waals surface area contributed by atoms with Gasteiger partial charge in [-0.2, -0.15) is 0 Å². The number of nitrogens with zero attached hydrogens (tertiary/aromatic N) is 4. The van der Waals surface area contributed by atoms with Crippen LogP contribution in [0.5, 0.6) is 11.5 Å². The molecule has 3 aromatic rings. The Morgan fingerprint density at radius 3 is 2.51 bits per heavy atom. The SMILES string of the molecule is Cc1nc(N2CCC(N3CCCC3)CC2)nc2ccc(NC(=O)COc3ccc(OC(F)(F)F)cc3Cl)cc12. The minimum Gasteiger partial charge on any atom is -0.482 e. The van der Waals surface area contributed by atoms with Gasteiger partial charge in [0.15, 0.2) is 6.61 Å². The van der Waals surface area contributed by atoms with Crippen LogP contribution in [-0.4, -0.2) is 66.0 Å². The number of nitrogens with one attached hydrogen (secondary N) is 1. The molecule has 0 spiro atoms. The first-order chi connectivity index (χ1) is 18.6. The Morgan fingerprint density at radius 1 is 1.08 bits per heavy atom. The molecular formula is C27H29ClF3N5O3. The summed E-state index contributed by atoms with van der Waals surface area (Å²) in [4.78, 5) is 26.9. The van der Waals surface area contributed by atoms with E-state index in [9.17, 15) is 18.0 Å². The highest BCUT2D eigenvalue weighted by atomic mass is 35.5. The Labute approximate surface area is 229 Å². The summed E-state index contributed by atoms with van der Waals surface area (Å²) in [7, 11) is 0. The van der Waals surface area contributed by atoms with Crippen molar-refractivity contribution in [1.82, 2.24) is 14.9 Å². The Hall–Kier alpha value is -3.31. The van der Waals surface area contributed by atoms with E-state index in [0.717, 1.165) is 60.6 Å². The zero-order chi connectivity index (χ0) is 27.6. The minimum atomic E-state index is -4.83. The molecule has 2 saturated heterocycles. The van der Waals surface area contributed by atoms with E-state index in [1.165, 1.54) is 32.0 Å². The number of amides is 1. The first-order valence-corrected chi connectivity index (χ1v) is 13.3. The molecule has 0 aliphatic carbocycles. The van der Waals surface area contributed by atoms with Crippen LogP contribution in [-0.2, 0) is 4.79 Å². The van der Waals surface area contributed by atoms with Crippen molar-refractivity contribution < 1.29 is 27.4 Å². The number of likely N-dealkylation sites (tertiary alicyclic amines) is 1. The number of hydrogen-bond acceptors (Lipinski definition) is 7. The number of rotatable bonds is 7. The Morgan fingerprint density at radius 2 is 1.82 bits per heavy atom. The summed E-state index contributed by atoms with van der Waals surface area (Å²) in [6.07, 6.45) is -0.001000. The van der Waals surface area contributed by atoms with Crippen LogP contribution >= 0.6 is 11.6 Å². The molecule has 39 heavy (non-hydrogen) atoms. The van der Waals surface area contributed by atoms with Gasteiger partial charge in [0, 0.05) is 36.3 Å². The number of aryl methyl sites for hydroxylation is 1. The number of fused-ring (bicyclic) bond motifs is 1. The Balaban J connectivity index is 1.18. The number of hydrogen-bond donors (Lipinski definition) is 1. The van der Waals surface area contributed by atoms with Gasteiger partial charge in [-0.3, -0.25) is 4.79 Å². The number of piperidine rings is 1. The largest absolute Gasteiger partial charge is 0.573 e. The second kappa shape index (κ2) is 11.4. The smallest absolute Gasteiger partial charge is 0.482 e. The maximum absolute atomic E-state index is 12.5. The molecule has 2 fully saturated rings. The lowest BCUT2D eigenvalue weighted by Gasteiger charge is -2.36. The third-order valence-electron chi connectivity index (χ3n) is 7.06. The van der Waals surface area contributed by atoms with Gasteiger partial charge >= 0.3 is 6.36 Å². The van der Waals surface area contributed by atoms with Crippen LogP contribution in [0.2, 0.25) is 5.02 Å². The minimum absolute atomic E-state index is 0.0566. The zero-order valence-electron chi connectivity index (χ0n) is 21.4. The van der Waals surface area contributed by atoms with Crippen molar-refractivity contribution in [3.63, 3.8) is 0 Å². The highest BCUT2D eigenvalue weighted by Crippen LogP contribution is 2.32. The second-order valence-electron chi connectivity index (χ2n) is 9.78. The maximum Gasteiger partial charge on any atom is 0.573 e. The van der Waals surface area contributed by atoms with Crippen molar-refractivity contribution in [2.75, 3.05) is 43.0 Å². The van der Waals surface area contributed by atoms with E-state index < -0.39 is 18.0 Å². The zero-order valence-corrected chi connectivity index (χ0v) is 22.2. The van der Waals surface area contributed by atoms with Crippen LogP contribution in [0.1, 0.15) is 31.4 Å². The summed E-state index contributed by atoms with van der Waals surface area (Å²) in [6.45, 7) is 5.82. The topological polar surface area (TPSA) is 79.8 Å². The predicted octanol–water partition coefficient (Wildman–Crippen LogP) is 5.57. The molecule has 0 atom stereocenters. The van der Waals surface area contributed by atoms with Crippen LogP contribution in [0.3, 0.4) is 0 Å². The number of benzene rings is 2. The molecule has 3 heterocycles. The van der Waals surface area contributed by atoms with Crippen LogP contribution in [0.25, 0.3) is 10.9 Å². The van der Waals surface area contributed by atoms with Crippen molar-refractivity contribution in [3.05, 3.63) is 47.1 Å². The fourth-order valence-electron chi connectivity index (χ4n) is 5.16. The molecule has 8 nitrogen and oxygen atoms in total. The lowest BCUT2D eigenvalue weighted by molar-refractivity contribution is -0.274. The molecule has 2 aliphatic heterocycles. The van der Waals surface area contributed by atoms with Gasteiger partial charge in [0.1, 0.15) is 11.5 Å². The highest BCUT2D eigenvalue weighted by molar-refractivity contribution is 6.32. The lowest BCUT2D eigenvalue weighted by atomic mass is 10.0. The summed E-state index contributed by atoms with van der Waals surface area (Å²) in [6, 6.07) is 9.30. The van der Waals surface area contributed by atoms with Crippen molar-refractivity contribution in [2.24, 2.45) is 0 Å². The van der Waals surface area contributed by atoms with E-state index >= 15 is 0 Å². The molecule has 1 amide bonds. The van der Waals surface area contributed by atoms with E-state index in [4.69, 9.17) is 26.3 Å². The van der Waals surface area contributed by atoms with E-state index in [0.29, 0.717) is 11.7 Å².